The van der Waals surface area contributed by atoms with Crippen molar-refractivity contribution in [2.45, 2.75) is 12.2 Å². The molecule has 1 aliphatic heterocycles. The molecule has 1 fully saturated rings. The van der Waals surface area contributed by atoms with Crippen molar-refractivity contribution in [3.05, 3.63) is 71.3 Å². The SMILES string of the molecule is CS(=O)(=O)Cc1cccc(C(=O)N2CCN(CCc3ccccc3)CC2)c1. The van der Waals surface area contributed by atoms with Crippen molar-refractivity contribution >= 4 is 15.7 Å². The molecule has 1 heterocycles. The van der Waals surface area contributed by atoms with Gasteiger partial charge in [-0.05, 0) is 29.7 Å². The Morgan fingerprint density at radius 1 is 0.926 bits per heavy atom. The number of piperazine rings is 1. The van der Waals surface area contributed by atoms with Crippen LogP contribution >= 0.6 is 0 Å². The largest absolute Gasteiger partial charge is 0.336 e. The molecule has 0 spiro atoms. The van der Waals surface area contributed by atoms with Crippen molar-refractivity contribution in [2.24, 2.45) is 0 Å². The van der Waals surface area contributed by atoms with Crippen molar-refractivity contribution in [1.82, 2.24) is 9.80 Å². The van der Waals surface area contributed by atoms with E-state index in [1.165, 1.54) is 11.8 Å². The lowest BCUT2D eigenvalue weighted by Gasteiger charge is -2.34. The summed E-state index contributed by atoms with van der Waals surface area (Å²) in [6.07, 6.45) is 2.22. The Morgan fingerprint density at radius 2 is 1.59 bits per heavy atom. The zero-order valence-electron chi connectivity index (χ0n) is 15.7. The van der Waals surface area contributed by atoms with E-state index in [-0.39, 0.29) is 11.7 Å². The third-order valence-electron chi connectivity index (χ3n) is 4.82. The van der Waals surface area contributed by atoms with Crippen molar-refractivity contribution in [2.75, 3.05) is 39.0 Å². The molecule has 0 unspecified atom stereocenters. The Kier molecular flexibility index (Phi) is 6.29. The third-order valence-corrected chi connectivity index (χ3v) is 5.68. The predicted molar refractivity (Wildman–Crippen MR) is 107 cm³/mol. The fraction of sp³-hybridized carbons (Fsp3) is 0.381. The molecule has 3 rings (SSSR count). The quantitative estimate of drug-likeness (QED) is 0.764. The van der Waals surface area contributed by atoms with Crippen LogP contribution in [0.2, 0.25) is 0 Å². The van der Waals surface area contributed by atoms with Crippen molar-refractivity contribution in [1.29, 1.82) is 0 Å². The van der Waals surface area contributed by atoms with Crippen LogP contribution in [0.15, 0.2) is 54.6 Å². The topological polar surface area (TPSA) is 57.7 Å². The first-order valence-electron chi connectivity index (χ1n) is 9.23. The monoisotopic (exact) mass is 386 g/mol. The summed E-state index contributed by atoms with van der Waals surface area (Å²) in [6, 6.07) is 17.4. The van der Waals surface area contributed by atoms with Crippen LogP contribution in [0.25, 0.3) is 0 Å². The van der Waals surface area contributed by atoms with Gasteiger partial charge in [-0.15, -0.1) is 0 Å². The standard InChI is InChI=1S/C21H26N2O3S/c1-27(25,26)17-19-8-5-9-20(16-19)21(24)23-14-12-22(13-15-23)11-10-18-6-3-2-4-7-18/h2-9,16H,10-15,17H2,1H3. The molecular formula is C21H26N2O3S. The van der Waals surface area contributed by atoms with Crippen molar-refractivity contribution in [3.63, 3.8) is 0 Å². The molecule has 0 atom stereocenters. The predicted octanol–water partition coefficient (Wildman–Crippen LogP) is 2.23. The first-order valence-corrected chi connectivity index (χ1v) is 11.3. The number of rotatable bonds is 6. The molecule has 5 nitrogen and oxygen atoms in total. The van der Waals surface area contributed by atoms with E-state index in [0.717, 1.165) is 26.1 Å². The fourth-order valence-corrected chi connectivity index (χ4v) is 4.17. The molecule has 2 aromatic rings. The normalized spacial score (nSPS) is 15.7. The van der Waals surface area contributed by atoms with Gasteiger partial charge in [0.15, 0.2) is 9.84 Å². The first kappa shape index (κ1) is 19.6. The van der Waals surface area contributed by atoms with E-state index in [9.17, 15) is 13.2 Å². The molecule has 27 heavy (non-hydrogen) atoms. The van der Waals surface area contributed by atoms with Crippen LogP contribution < -0.4 is 0 Å². The molecule has 0 aliphatic carbocycles. The van der Waals surface area contributed by atoms with Crippen LogP contribution in [0.3, 0.4) is 0 Å². The van der Waals surface area contributed by atoms with Gasteiger partial charge in [-0.2, -0.15) is 0 Å². The van der Waals surface area contributed by atoms with Crippen LogP contribution in [-0.2, 0) is 22.0 Å². The van der Waals surface area contributed by atoms with E-state index in [2.05, 4.69) is 29.2 Å². The van der Waals surface area contributed by atoms with Crippen LogP contribution in [0.5, 0.6) is 0 Å². The Hall–Kier alpha value is -2.18. The van der Waals surface area contributed by atoms with Crippen LogP contribution in [-0.4, -0.2) is 63.1 Å². The van der Waals surface area contributed by atoms with E-state index in [4.69, 9.17) is 0 Å². The Labute approximate surface area is 161 Å². The highest BCUT2D eigenvalue weighted by atomic mass is 32.2. The summed E-state index contributed by atoms with van der Waals surface area (Å²) in [6.45, 7) is 4.12. The molecule has 0 N–H and O–H groups in total. The molecule has 0 bridgehead atoms. The van der Waals surface area contributed by atoms with E-state index < -0.39 is 9.84 Å². The number of carbonyl (C=O) groups excluding carboxylic acids is 1. The van der Waals surface area contributed by atoms with Crippen molar-refractivity contribution < 1.29 is 13.2 Å². The number of benzene rings is 2. The number of nitrogens with zero attached hydrogens (tertiary/aromatic N) is 2. The molecule has 0 aromatic heterocycles. The van der Waals surface area contributed by atoms with E-state index in [0.29, 0.717) is 24.2 Å². The first-order chi connectivity index (χ1) is 12.9. The minimum absolute atomic E-state index is 0.0203. The van der Waals surface area contributed by atoms with Gasteiger partial charge in [0.05, 0.1) is 5.75 Å². The van der Waals surface area contributed by atoms with Gasteiger partial charge in [0.2, 0.25) is 0 Å². The maximum Gasteiger partial charge on any atom is 0.253 e. The van der Waals surface area contributed by atoms with Gasteiger partial charge in [-0.25, -0.2) is 8.42 Å². The summed E-state index contributed by atoms with van der Waals surface area (Å²) in [5.41, 5.74) is 2.55. The smallest absolute Gasteiger partial charge is 0.253 e. The fourth-order valence-electron chi connectivity index (χ4n) is 3.39. The number of carbonyl (C=O) groups is 1. The van der Waals surface area contributed by atoms with Gasteiger partial charge >= 0.3 is 0 Å². The second kappa shape index (κ2) is 8.67. The zero-order chi connectivity index (χ0) is 19.3. The van der Waals surface area contributed by atoms with Gasteiger partial charge in [0, 0.05) is 44.5 Å². The van der Waals surface area contributed by atoms with Gasteiger partial charge in [-0.1, -0.05) is 42.5 Å². The lowest BCUT2D eigenvalue weighted by atomic mass is 10.1. The third kappa shape index (κ3) is 5.91. The maximum absolute atomic E-state index is 12.8. The van der Waals surface area contributed by atoms with Gasteiger partial charge in [-0.3, -0.25) is 9.69 Å². The lowest BCUT2D eigenvalue weighted by molar-refractivity contribution is 0.0638. The molecule has 0 saturated carbocycles. The summed E-state index contributed by atoms with van der Waals surface area (Å²) in [5.74, 6) is -0.0606. The summed E-state index contributed by atoms with van der Waals surface area (Å²) in [7, 11) is -3.11. The minimum atomic E-state index is -3.11. The molecule has 144 valence electrons. The van der Waals surface area contributed by atoms with Gasteiger partial charge in [0.1, 0.15) is 0 Å². The summed E-state index contributed by atoms with van der Waals surface area (Å²) >= 11 is 0. The lowest BCUT2D eigenvalue weighted by Crippen LogP contribution is -2.49. The van der Waals surface area contributed by atoms with E-state index >= 15 is 0 Å². The average molecular weight is 387 g/mol. The van der Waals surface area contributed by atoms with Crippen LogP contribution in [0, 0.1) is 0 Å². The molecule has 6 heteroatoms. The van der Waals surface area contributed by atoms with Gasteiger partial charge < -0.3 is 4.90 Å². The van der Waals surface area contributed by atoms with Gasteiger partial charge in [0.25, 0.3) is 5.91 Å². The Balaban J connectivity index is 1.53. The summed E-state index contributed by atoms with van der Waals surface area (Å²) in [4.78, 5) is 17.0. The molecule has 1 amide bonds. The number of amides is 1. The molecule has 0 radical (unpaired) electrons. The zero-order valence-corrected chi connectivity index (χ0v) is 16.5. The second-order valence-electron chi connectivity index (χ2n) is 7.14. The Morgan fingerprint density at radius 3 is 2.26 bits per heavy atom. The highest BCUT2D eigenvalue weighted by molar-refractivity contribution is 7.89. The van der Waals surface area contributed by atoms with Crippen LogP contribution in [0.1, 0.15) is 21.5 Å². The molecular weight excluding hydrogens is 360 g/mol. The number of hydrogen-bond donors (Lipinski definition) is 0. The molecule has 1 aliphatic rings. The second-order valence-corrected chi connectivity index (χ2v) is 9.28. The van der Waals surface area contributed by atoms with E-state index in [1.807, 2.05) is 11.0 Å². The number of sulfone groups is 1. The highest BCUT2D eigenvalue weighted by Crippen LogP contribution is 2.13. The summed E-state index contributed by atoms with van der Waals surface area (Å²) < 4.78 is 23.0. The minimum Gasteiger partial charge on any atom is -0.336 e. The molecule has 1 saturated heterocycles. The summed E-state index contributed by atoms with van der Waals surface area (Å²) in [5, 5.41) is 0. The number of hydrogen-bond acceptors (Lipinski definition) is 4. The van der Waals surface area contributed by atoms with Crippen molar-refractivity contribution in [3.8, 4) is 0 Å². The highest BCUT2D eigenvalue weighted by Gasteiger charge is 2.22. The van der Waals surface area contributed by atoms with E-state index in [1.54, 1.807) is 24.3 Å². The average Bonchev–Trinajstić information content (AvgIpc) is 2.66. The maximum atomic E-state index is 12.8. The van der Waals surface area contributed by atoms with Crippen LogP contribution in [0.4, 0.5) is 0 Å². The molecule has 2 aromatic carbocycles. The Bertz CT molecular complexity index is 873.